The summed E-state index contributed by atoms with van der Waals surface area (Å²) in [5.41, 5.74) is 0. The zero-order chi connectivity index (χ0) is 33.9. The largest absolute Gasteiger partial charge is 0.462 e. The predicted molar refractivity (Wildman–Crippen MR) is 189 cm³/mol. The molecule has 0 bridgehead atoms. The van der Waals surface area contributed by atoms with Crippen LogP contribution in [0, 0.1) is 5.92 Å². The number of hydrogen-bond acceptors (Lipinski definition) is 7. The van der Waals surface area contributed by atoms with Crippen LogP contribution < -0.4 is 0 Å². The zero-order valence-corrected chi connectivity index (χ0v) is 30.2. The highest BCUT2D eigenvalue weighted by atomic mass is 16.5. The highest BCUT2D eigenvalue weighted by Gasteiger charge is 2.14. The van der Waals surface area contributed by atoms with Gasteiger partial charge >= 0.3 is 17.9 Å². The van der Waals surface area contributed by atoms with Gasteiger partial charge in [-0.2, -0.15) is 0 Å². The summed E-state index contributed by atoms with van der Waals surface area (Å²) in [6.07, 6.45) is 30.1. The van der Waals surface area contributed by atoms with E-state index in [9.17, 15) is 14.4 Å². The van der Waals surface area contributed by atoms with Crippen molar-refractivity contribution in [2.24, 2.45) is 5.92 Å². The lowest BCUT2D eigenvalue weighted by Gasteiger charge is -2.18. The fourth-order valence-electron chi connectivity index (χ4n) is 5.46. The molecule has 7 heteroatoms. The van der Waals surface area contributed by atoms with E-state index in [0.717, 1.165) is 102 Å². The number of ether oxygens (including phenoxy) is 4. The SMILES string of the molecule is CC/C=C/COC(=O)CCCCCCCCC(CCCCCCCC(=O)OC/C=C/CCCC(CC)CC)OC(=O)CCCOC. The van der Waals surface area contributed by atoms with Gasteiger partial charge < -0.3 is 18.9 Å². The van der Waals surface area contributed by atoms with E-state index < -0.39 is 0 Å². The third-order valence-corrected chi connectivity index (χ3v) is 8.48. The summed E-state index contributed by atoms with van der Waals surface area (Å²) in [7, 11) is 1.64. The van der Waals surface area contributed by atoms with Gasteiger partial charge in [-0.05, 0) is 70.1 Å². The average molecular weight is 651 g/mol. The van der Waals surface area contributed by atoms with Gasteiger partial charge in [-0.1, -0.05) is 109 Å². The van der Waals surface area contributed by atoms with Crippen molar-refractivity contribution in [2.75, 3.05) is 26.9 Å². The van der Waals surface area contributed by atoms with Crippen LogP contribution in [0.25, 0.3) is 0 Å². The molecule has 0 spiro atoms. The quantitative estimate of drug-likeness (QED) is 0.0302. The van der Waals surface area contributed by atoms with Crippen LogP contribution in [0.5, 0.6) is 0 Å². The maximum Gasteiger partial charge on any atom is 0.306 e. The summed E-state index contributed by atoms with van der Waals surface area (Å²) in [4.78, 5) is 36.1. The molecule has 0 amide bonds. The van der Waals surface area contributed by atoms with Crippen LogP contribution in [0.2, 0.25) is 0 Å². The molecule has 0 aromatic rings. The molecule has 0 rings (SSSR count). The molecule has 0 aromatic heterocycles. The molecule has 0 saturated heterocycles. The van der Waals surface area contributed by atoms with Crippen molar-refractivity contribution in [3.05, 3.63) is 24.3 Å². The van der Waals surface area contributed by atoms with Crippen molar-refractivity contribution in [3.8, 4) is 0 Å². The fourth-order valence-corrected chi connectivity index (χ4v) is 5.46. The minimum Gasteiger partial charge on any atom is -0.462 e. The first kappa shape index (κ1) is 43.9. The number of rotatable bonds is 33. The average Bonchev–Trinajstić information content (AvgIpc) is 3.05. The van der Waals surface area contributed by atoms with Gasteiger partial charge in [-0.25, -0.2) is 0 Å². The fraction of sp³-hybridized carbons (Fsp3) is 0.821. The normalized spacial score (nSPS) is 12.3. The second kappa shape index (κ2) is 34.2. The van der Waals surface area contributed by atoms with E-state index in [0.29, 0.717) is 45.5 Å². The van der Waals surface area contributed by atoms with E-state index in [1.165, 1.54) is 25.7 Å². The third kappa shape index (κ3) is 30.5. The maximum atomic E-state index is 12.3. The summed E-state index contributed by atoms with van der Waals surface area (Å²) in [6, 6.07) is 0. The Balaban J connectivity index is 4.06. The summed E-state index contributed by atoms with van der Waals surface area (Å²) >= 11 is 0. The molecule has 0 heterocycles. The van der Waals surface area contributed by atoms with Crippen molar-refractivity contribution in [1.82, 2.24) is 0 Å². The van der Waals surface area contributed by atoms with Gasteiger partial charge in [-0.15, -0.1) is 0 Å². The van der Waals surface area contributed by atoms with Gasteiger partial charge in [0.2, 0.25) is 0 Å². The summed E-state index contributed by atoms with van der Waals surface area (Å²) in [6.45, 7) is 7.89. The van der Waals surface area contributed by atoms with Gasteiger partial charge in [-0.3, -0.25) is 14.4 Å². The molecule has 0 saturated carbocycles. The Morgan fingerprint density at radius 3 is 1.57 bits per heavy atom. The molecule has 1 atom stereocenters. The molecule has 0 radical (unpaired) electrons. The van der Waals surface area contributed by atoms with Crippen LogP contribution in [-0.4, -0.2) is 50.9 Å². The minimum atomic E-state index is -0.130. The number of hydrogen-bond donors (Lipinski definition) is 0. The standard InChI is InChI=1S/C39H70O7/c1-5-8-23-33-44-37(40)29-21-14-10-9-12-19-27-36(46-39(42)31-25-32-43-4)28-20-13-11-15-22-30-38(41)45-34-24-17-16-18-26-35(6-2)7-3/h8,17,23-24,35-36H,5-7,9-16,18-22,25-34H2,1-4H3/b23-8+,24-17+. The Labute approximate surface area is 282 Å². The first-order chi connectivity index (χ1) is 22.5. The third-order valence-electron chi connectivity index (χ3n) is 8.48. The van der Waals surface area contributed by atoms with Crippen LogP contribution in [0.1, 0.15) is 168 Å². The van der Waals surface area contributed by atoms with E-state index >= 15 is 0 Å². The molecular weight excluding hydrogens is 580 g/mol. The smallest absolute Gasteiger partial charge is 0.306 e. The zero-order valence-electron chi connectivity index (χ0n) is 30.2. The van der Waals surface area contributed by atoms with E-state index in [4.69, 9.17) is 18.9 Å². The molecule has 0 aliphatic rings. The van der Waals surface area contributed by atoms with E-state index in [1.807, 2.05) is 18.2 Å². The molecule has 46 heavy (non-hydrogen) atoms. The van der Waals surface area contributed by atoms with Crippen molar-refractivity contribution < 1.29 is 33.3 Å². The number of carbonyl (C=O) groups is 3. The van der Waals surface area contributed by atoms with Crippen molar-refractivity contribution in [1.29, 1.82) is 0 Å². The van der Waals surface area contributed by atoms with Crippen LogP contribution in [0.4, 0.5) is 0 Å². The monoisotopic (exact) mass is 651 g/mol. The number of methoxy groups -OCH3 is 1. The Bertz CT molecular complexity index is 772. The highest BCUT2D eigenvalue weighted by Crippen LogP contribution is 2.18. The van der Waals surface area contributed by atoms with Gasteiger partial charge in [0.15, 0.2) is 0 Å². The number of unbranched alkanes of at least 4 members (excludes halogenated alkanes) is 10. The maximum absolute atomic E-state index is 12.3. The second-order valence-corrected chi connectivity index (χ2v) is 12.5. The Kier molecular flexibility index (Phi) is 32.6. The van der Waals surface area contributed by atoms with Crippen LogP contribution >= 0.6 is 0 Å². The Morgan fingerprint density at radius 2 is 1.04 bits per heavy atom. The summed E-state index contributed by atoms with van der Waals surface area (Å²) in [5, 5.41) is 0. The molecule has 0 fully saturated rings. The van der Waals surface area contributed by atoms with Crippen molar-refractivity contribution in [3.63, 3.8) is 0 Å². The first-order valence-corrected chi connectivity index (χ1v) is 18.8. The molecule has 268 valence electrons. The van der Waals surface area contributed by atoms with Crippen LogP contribution in [0.3, 0.4) is 0 Å². The van der Waals surface area contributed by atoms with E-state index in [2.05, 4.69) is 26.8 Å². The van der Waals surface area contributed by atoms with Gasteiger partial charge in [0.25, 0.3) is 0 Å². The van der Waals surface area contributed by atoms with E-state index in [1.54, 1.807) is 7.11 Å². The molecular formula is C39H70O7. The lowest BCUT2D eigenvalue weighted by Crippen LogP contribution is -2.18. The van der Waals surface area contributed by atoms with Gasteiger partial charge in [0.05, 0.1) is 0 Å². The molecule has 7 nitrogen and oxygen atoms in total. The molecule has 0 aromatic carbocycles. The van der Waals surface area contributed by atoms with Gasteiger partial charge in [0.1, 0.15) is 19.3 Å². The number of allylic oxidation sites excluding steroid dienone is 2. The van der Waals surface area contributed by atoms with Crippen molar-refractivity contribution >= 4 is 17.9 Å². The van der Waals surface area contributed by atoms with Crippen LogP contribution in [0.15, 0.2) is 24.3 Å². The highest BCUT2D eigenvalue weighted by molar-refractivity contribution is 5.70. The topological polar surface area (TPSA) is 88.1 Å². The molecule has 0 N–H and O–H groups in total. The predicted octanol–water partition coefficient (Wildman–Crippen LogP) is 10.4. The summed E-state index contributed by atoms with van der Waals surface area (Å²) < 4.78 is 21.4. The van der Waals surface area contributed by atoms with E-state index in [-0.39, 0.29) is 24.0 Å². The first-order valence-electron chi connectivity index (χ1n) is 18.8. The number of carbonyl (C=O) groups excluding carboxylic acids is 3. The summed E-state index contributed by atoms with van der Waals surface area (Å²) in [5.74, 6) is 0.479. The lowest BCUT2D eigenvalue weighted by atomic mass is 9.97. The Morgan fingerprint density at radius 1 is 0.543 bits per heavy atom. The van der Waals surface area contributed by atoms with Gasteiger partial charge in [0, 0.05) is 33.0 Å². The minimum absolute atomic E-state index is 0.0330. The van der Waals surface area contributed by atoms with Crippen molar-refractivity contribution in [2.45, 2.75) is 175 Å². The second-order valence-electron chi connectivity index (χ2n) is 12.5. The lowest BCUT2D eigenvalue weighted by molar-refractivity contribution is -0.150. The Hall–Kier alpha value is -2.15. The number of esters is 3. The molecule has 0 aliphatic heterocycles. The van der Waals surface area contributed by atoms with Crippen LogP contribution in [-0.2, 0) is 33.3 Å². The molecule has 0 aliphatic carbocycles. The molecule has 1 unspecified atom stereocenters.